The van der Waals surface area contributed by atoms with E-state index in [9.17, 15) is 23.3 Å². The third kappa shape index (κ3) is 5.80. The highest BCUT2D eigenvalue weighted by molar-refractivity contribution is 7.92. The first kappa shape index (κ1) is 23.6. The maximum atomic E-state index is 12.8. The predicted molar refractivity (Wildman–Crippen MR) is 126 cm³/mol. The normalized spacial score (nSPS) is 11.7. The van der Waals surface area contributed by atoms with Gasteiger partial charge in [-0.2, -0.15) is 5.10 Å². The molecule has 0 aromatic heterocycles. The summed E-state index contributed by atoms with van der Waals surface area (Å²) in [5.41, 5.74) is 5.71. The minimum Gasteiger partial charge on any atom is -0.279 e. The Labute approximate surface area is 191 Å². The lowest BCUT2D eigenvalue weighted by Gasteiger charge is -2.12. The van der Waals surface area contributed by atoms with Gasteiger partial charge in [0.2, 0.25) is 0 Å². The molecule has 9 nitrogen and oxygen atoms in total. The molecule has 3 aromatic carbocycles. The van der Waals surface area contributed by atoms with E-state index in [1.165, 1.54) is 48.5 Å². The summed E-state index contributed by atoms with van der Waals surface area (Å²) in [5, 5.41) is 14.8. The average molecular weight is 467 g/mol. The second-order valence-corrected chi connectivity index (χ2v) is 9.08. The SMILES string of the molecule is C/C(=N/NC(=O)c1cccc(S(=O)(=O)Nc2ccc(C)cc2C)c1)c1ccc([N+](=O)[O-])cc1. The number of anilines is 1. The van der Waals surface area contributed by atoms with E-state index in [0.717, 1.165) is 11.1 Å². The Morgan fingerprint density at radius 3 is 2.30 bits per heavy atom. The molecule has 170 valence electrons. The molecule has 0 bridgehead atoms. The van der Waals surface area contributed by atoms with Crippen LogP contribution in [0.5, 0.6) is 0 Å². The molecular weight excluding hydrogens is 444 g/mol. The van der Waals surface area contributed by atoms with E-state index in [2.05, 4.69) is 15.2 Å². The molecule has 3 aromatic rings. The van der Waals surface area contributed by atoms with Crippen molar-refractivity contribution in [1.82, 2.24) is 5.43 Å². The second kappa shape index (κ2) is 9.61. The average Bonchev–Trinajstić information content (AvgIpc) is 2.79. The lowest BCUT2D eigenvalue weighted by molar-refractivity contribution is -0.384. The Morgan fingerprint density at radius 2 is 1.67 bits per heavy atom. The molecule has 3 rings (SSSR count). The van der Waals surface area contributed by atoms with Gasteiger partial charge in [0.25, 0.3) is 21.6 Å². The number of hydrazone groups is 1. The molecule has 0 atom stereocenters. The largest absolute Gasteiger partial charge is 0.279 e. The van der Waals surface area contributed by atoms with Gasteiger partial charge in [-0.05, 0) is 68.3 Å². The van der Waals surface area contributed by atoms with Gasteiger partial charge in [-0.3, -0.25) is 19.6 Å². The van der Waals surface area contributed by atoms with Crippen molar-refractivity contribution in [3.05, 3.63) is 99.1 Å². The van der Waals surface area contributed by atoms with E-state index >= 15 is 0 Å². The van der Waals surface area contributed by atoms with Gasteiger partial charge in [-0.15, -0.1) is 0 Å². The number of nitrogens with one attached hydrogen (secondary N) is 2. The molecule has 0 radical (unpaired) electrons. The molecule has 2 N–H and O–H groups in total. The number of benzene rings is 3. The standard InChI is InChI=1S/C23H22N4O5S/c1-15-7-12-22(16(2)13-15)26-33(31,32)21-6-4-5-19(14-21)23(28)25-24-17(3)18-8-10-20(11-9-18)27(29)30/h4-14,26H,1-3H3,(H,25,28)/b24-17-. The number of hydrogen-bond donors (Lipinski definition) is 2. The summed E-state index contributed by atoms with van der Waals surface area (Å²) in [6.45, 7) is 5.36. The Bertz CT molecular complexity index is 1350. The van der Waals surface area contributed by atoms with Crippen LogP contribution in [-0.2, 0) is 10.0 Å². The number of sulfonamides is 1. The second-order valence-electron chi connectivity index (χ2n) is 7.39. The van der Waals surface area contributed by atoms with Crippen LogP contribution in [0.15, 0.2) is 76.7 Å². The van der Waals surface area contributed by atoms with Gasteiger partial charge in [0, 0.05) is 17.7 Å². The van der Waals surface area contributed by atoms with Gasteiger partial charge in [-0.1, -0.05) is 23.8 Å². The van der Waals surface area contributed by atoms with E-state index in [4.69, 9.17) is 0 Å². The number of rotatable bonds is 7. The van der Waals surface area contributed by atoms with Crippen LogP contribution < -0.4 is 10.1 Å². The highest BCUT2D eigenvalue weighted by atomic mass is 32.2. The summed E-state index contributed by atoms with van der Waals surface area (Å²) < 4.78 is 28.2. The van der Waals surface area contributed by atoms with Crippen molar-refractivity contribution in [2.45, 2.75) is 25.7 Å². The number of nitrogens with zero attached hydrogens (tertiary/aromatic N) is 2. The van der Waals surface area contributed by atoms with E-state index in [0.29, 0.717) is 17.0 Å². The lowest BCUT2D eigenvalue weighted by Crippen LogP contribution is -2.20. The van der Waals surface area contributed by atoms with Crippen LogP contribution in [0.1, 0.15) is 34.0 Å². The number of carbonyl (C=O) groups is 1. The van der Waals surface area contributed by atoms with Crippen LogP contribution in [0.4, 0.5) is 11.4 Å². The fraction of sp³-hybridized carbons (Fsp3) is 0.130. The third-order valence-electron chi connectivity index (χ3n) is 4.85. The van der Waals surface area contributed by atoms with Crippen LogP contribution in [-0.4, -0.2) is 25.0 Å². The first-order chi connectivity index (χ1) is 15.6. The van der Waals surface area contributed by atoms with Gasteiger partial charge in [0.05, 0.1) is 21.2 Å². The molecule has 0 saturated carbocycles. The van der Waals surface area contributed by atoms with Gasteiger partial charge in [-0.25, -0.2) is 13.8 Å². The quantitative estimate of drug-likeness (QED) is 0.307. The molecular formula is C23H22N4O5S. The summed E-state index contributed by atoms with van der Waals surface area (Å²) in [6.07, 6.45) is 0. The zero-order valence-electron chi connectivity index (χ0n) is 18.2. The van der Waals surface area contributed by atoms with Gasteiger partial charge in [0.15, 0.2) is 0 Å². The topological polar surface area (TPSA) is 131 Å². The molecule has 0 saturated heterocycles. The molecule has 0 heterocycles. The van der Waals surface area contributed by atoms with Crippen molar-refractivity contribution in [3.63, 3.8) is 0 Å². The Balaban J connectivity index is 1.76. The Hall–Kier alpha value is -4.05. The van der Waals surface area contributed by atoms with Crippen LogP contribution in [0.25, 0.3) is 0 Å². The minimum atomic E-state index is -3.91. The van der Waals surface area contributed by atoms with Crippen molar-refractivity contribution in [1.29, 1.82) is 0 Å². The predicted octanol–water partition coefficient (Wildman–Crippen LogP) is 4.17. The van der Waals surface area contributed by atoms with Crippen molar-refractivity contribution >= 4 is 33.0 Å². The van der Waals surface area contributed by atoms with Crippen molar-refractivity contribution < 1.29 is 18.1 Å². The maximum absolute atomic E-state index is 12.8. The molecule has 0 aliphatic rings. The molecule has 33 heavy (non-hydrogen) atoms. The summed E-state index contributed by atoms with van der Waals surface area (Å²) in [5.74, 6) is -0.597. The molecule has 0 fully saturated rings. The molecule has 0 aliphatic heterocycles. The van der Waals surface area contributed by atoms with E-state index in [-0.39, 0.29) is 16.1 Å². The summed E-state index contributed by atoms with van der Waals surface area (Å²) in [4.78, 5) is 22.7. The van der Waals surface area contributed by atoms with Crippen LogP contribution in [0.3, 0.4) is 0 Å². The maximum Gasteiger partial charge on any atom is 0.271 e. The van der Waals surface area contributed by atoms with Gasteiger partial charge >= 0.3 is 0 Å². The number of hydrogen-bond acceptors (Lipinski definition) is 6. The monoisotopic (exact) mass is 466 g/mol. The molecule has 1 amide bonds. The number of nitro benzene ring substituents is 1. The first-order valence-corrected chi connectivity index (χ1v) is 11.3. The summed E-state index contributed by atoms with van der Waals surface area (Å²) in [7, 11) is -3.91. The highest BCUT2D eigenvalue weighted by Gasteiger charge is 2.17. The minimum absolute atomic E-state index is 0.0527. The third-order valence-corrected chi connectivity index (χ3v) is 6.22. The Kier molecular flexibility index (Phi) is 6.88. The zero-order chi connectivity index (χ0) is 24.2. The number of aryl methyl sites for hydroxylation is 2. The zero-order valence-corrected chi connectivity index (χ0v) is 19.0. The molecule has 10 heteroatoms. The first-order valence-electron chi connectivity index (χ1n) is 9.86. The van der Waals surface area contributed by atoms with Crippen LogP contribution in [0.2, 0.25) is 0 Å². The van der Waals surface area contributed by atoms with Crippen molar-refractivity contribution in [2.24, 2.45) is 5.10 Å². The fourth-order valence-electron chi connectivity index (χ4n) is 3.02. The molecule has 0 spiro atoms. The van der Waals surface area contributed by atoms with Crippen LogP contribution in [0, 0.1) is 24.0 Å². The number of carbonyl (C=O) groups excluding carboxylic acids is 1. The highest BCUT2D eigenvalue weighted by Crippen LogP contribution is 2.21. The molecule has 0 unspecified atom stereocenters. The Morgan fingerprint density at radius 1 is 0.970 bits per heavy atom. The van der Waals surface area contributed by atoms with Gasteiger partial charge in [0.1, 0.15) is 0 Å². The fourth-order valence-corrected chi connectivity index (χ4v) is 4.20. The number of nitro groups is 1. The van der Waals surface area contributed by atoms with Crippen molar-refractivity contribution in [3.8, 4) is 0 Å². The number of non-ortho nitro benzene ring substituents is 1. The van der Waals surface area contributed by atoms with E-state index < -0.39 is 20.9 Å². The van der Waals surface area contributed by atoms with Gasteiger partial charge < -0.3 is 0 Å². The summed E-state index contributed by atoms with van der Waals surface area (Å²) >= 11 is 0. The van der Waals surface area contributed by atoms with Crippen LogP contribution >= 0.6 is 0 Å². The lowest BCUT2D eigenvalue weighted by atomic mass is 10.1. The smallest absolute Gasteiger partial charge is 0.271 e. The number of amides is 1. The van der Waals surface area contributed by atoms with E-state index in [1.54, 1.807) is 26.0 Å². The summed E-state index contributed by atoms with van der Waals surface area (Å²) in [6, 6.07) is 16.7. The van der Waals surface area contributed by atoms with E-state index in [1.807, 2.05) is 13.0 Å². The molecule has 0 aliphatic carbocycles. The van der Waals surface area contributed by atoms with Crippen molar-refractivity contribution in [2.75, 3.05) is 4.72 Å².